The largest absolute Gasteiger partial charge is 0.444 e. The van der Waals surface area contributed by atoms with Crippen LogP contribution >= 0.6 is 0 Å². The first-order valence-corrected chi connectivity index (χ1v) is 14.4. The molecule has 224 valence electrons. The van der Waals surface area contributed by atoms with Gasteiger partial charge in [-0.2, -0.15) is 5.10 Å². The smallest absolute Gasteiger partial charge is 0.410 e. The normalized spacial score (nSPS) is 25.9. The van der Waals surface area contributed by atoms with Gasteiger partial charge in [-0.15, -0.1) is 0 Å². The van der Waals surface area contributed by atoms with E-state index in [0.717, 1.165) is 10.9 Å². The summed E-state index contributed by atoms with van der Waals surface area (Å²) in [4.78, 5) is 41.9. The van der Waals surface area contributed by atoms with Crippen molar-refractivity contribution in [1.82, 2.24) is 24.9 Å². The van der Waals surface area contributed by atoms with Crippen molar-refractivity contribution in [1.29, 1.82) is 0 Å². The number of halogens is 2. The summed E-state index contributed by atoms with van der Waals surface area (Å²) in [5, 5.41) is 7.73. The highest BCUT2D eigenvalue weighted by atomic mass is 19.3. The zero-order valence-electron chi connectivity index (χ0n) is 24.5. The molecule has 2 unspecified atom stereocenters. The number of carbonyl (C=O) groups excluding carboxylic acids is 3. The molecular weight excluding hydrogens is 534 g/mol. The average molecular weight is 575 g/mol. The molecule has 0 bridgehead atoms. The minimum Gasteiger partial charge on any atom is -0.444 e. The Morgan fingerprint density at radius 3 is 2.59 bits per heavy atom. The van der Waals surface area contributed by atoms with Crippen molar-refractivity contribution in [3.05, 3.63) is 23.9 Å². The highest BCUT2D eigenvalue weighted by Crippen LogP contribution is 2.38. The number of fused-ring (bicyclic) bond motifs is 1. The third-order valence-electron chi connectivity index (χ3n) is 8.42. The topological polar surface area (TPSA) is 100 Å². The predicted molar refractivity (Wildman–Crippen MR) is 150 cm³/mol. The SMILES string of the molecule is C[C@H]1CN(C(=O)OC(C)(C)C)CCN1CC1CCN(c2ccc3c(C4CCC(=O)NC4=O)nn(C)c3c2)CC1(F)F. The van der Waals surface area contributed by atoms with Gasteiger partial charge in [-0.1, -0.05) is 0 Å². The summed E-state index contributed by atoms with van der Waals surface area (Å²) in [7, 11) is 1.77. The van der Waals surface area contributed by atoms with Gasteiger partial charge in [0, 0.05) is 69.2 Å². The van der Waals surface area contributed by atoms with Crippen LogP contribution in [0.3, 0.4) is 0 Å². The Hall–Kier alpha value is -3.28. The monoisotopic (exact) mass is 574 g/mol. The molecule has 0 aliphatic carbocycles. The number of aryl methyl sites for hydroxylation is 1. The Balaban J connectivity index is 1.23. The number of hydrogen-bond acceptors (Lipinski definition) is 7. The molecule has 0 saturated carbocycles. The molecule has 0 radical (unpaired) electrons. The predicted octanol–water partition coefficient (Wildman–Crippen LogP) is 3.50. The van der Waals surface area contributed by atoms with E-state index in [9.17, 15) is 14.4 Å². The molecule has 3 fully saturated rings. The van der Waals surface area contributed by atoms with Crippen LogP contribution in [0.2, 0.25) is 0 Å². The fourth-order valence-electron chi connectivity index (χ4n) is 6.15. The van der Waals surface area contributed by atoms with Crippen LogP contribution in [0.4, 0.5) is 19.3 Å². The van der Waals surface area contributed by atoms with Gasteiger partial charge in [0.2, 0.25) is 11.8 Å². The fraction of sp³-hybridized carbons (Fsp3) is 0.655. The van der Waals surface area contributed by atoms with Crippen molar-refractivity contribution < 1.29 is 27.9 Å². The highest BCUT2D eigenvalue weighted by Gasteiger charge is 2.46. The van der Waals surface area contributed by atoms with Crippen molar-refractivity contribution in [3.63, 3.8) is 0 Å². The number of imide groups is 1. The lowest BCUT2D eigenvalue weighted by atomic mass is 9.90. The van der Waals surface area contributed by atoms with Gasteiger partial charge in [-0.05, 0) is 58.7 Å². The maximum Gasteiger partial charge on any atom is 0.410 e. The zero-order valence-corrected chi connectivity index (χ0v) is 24.5. The van der Waals surface area contributed by atoms with Crippen LogP contribution in [0.15, 0.2) is 18.2 Å². The van der Waals surface area contributed by atoms with E-state index in [-0.39, 0.29) is 43.5 Å². The molecule has 1 N–H and O–H groups in total. The van der Waals surface area contributed by atoms with Gasteiger partial charge in [0.05, 0.1) is 23.7 Å². The number of piperazine rings is 1. The van der Waals surface area contributed by atoms with Gasteiger partial charge in [0.25, 0.3) is 5.92 Å². The van der Waals surface area contributed by atoms with Gasteiger partial charge >= 0.3 is 6.09 Å². The second-order valence-electron chi connectivity index (χ2n) is 12.7. The van der Waals surface area contributed by atoms with Gasteiger partial charge in [-0.3, -0.25) is 24.5 Å². The van der Waals surface area contributed by atoms with E-state index in [4.69, 9.17) is 4.74 Å². The van der Waals surface area contributed by atoms with Crippen molar-refractivity contribution in [2.45, 2.75) is 70.4 Å². The van der Waals surface area contributed by atoms with Gasteiger partial charge in [0.1, 0.15) is 5.60 Å². The minimum absolute atomic E-state index is 0.0455. The van der Waals surface area contributed by atoms with Crippen LogP contribution in [0.25, 0.3) is 10.9 Å². The van der Waals surface area contributed by atoms with Crippen LogP contribution in [-0.4, -0.2) is 94.3 Å². The number of nitrogens with one attached hydrogen (secondary N) is 1. The number of anilines is 1. The average Bonchev–Trinajstić information content (AvgIpc) is 3.20. The van der Waals surface area contributed by atoms with Crippen LogP contribution in [0.5, 0.6) is 0 Å². The molecule has 1 aromatic carbocycles. The van der Waals surface area contributed by atoms with Gasteiger partial charge in [-0.25, -0.2) is 13.6 Å². The Bertz CT molecular complexity index is 1340. The maximum absolute atomic E-state index is 15.5. The summed E-state index contributed by atoms with van der Waals surface area (Å²) in [6, 6.07) is 5.46. The van der Waals surface area contributed by atoms with Crippen molar-refractivity contribution >= 4 is 34.5 Å². The van der Waals surface area contributed by atoms with Crippen molar-refractivity contribution in [2.75, 3.05) is 44.2 Å². The number of benzene rings is 1. The number of ether oxygens (including phenoxy) is 1. The molecular formula is C29H40F2N6O4. The number of nitrogens with zero attached hydrogens (tertiary/aromatic N) is 5. The number of amides is 3. The maximum atomic E-state index is 15.5. The van der Waals surface area contributed by atoms with E-state index < -0.39 is 23.4 Å². The Labute approximate surface area is 238 Å². The Morgan fingerprint density at radius 1 is 1.17 bits per heavy atom. The third kappa shape index (κ3) is 6.17. The molecule has 2 aromatic rings. The summed E-state index contributed by atoms with van der Waals surface area (Å²) in [5.41, 5.74) is 1.46. The summed E-state index contributed by atoms with van der Waals surface area (Å²) < 4.78 is 38.2. The van der Waals surface area contributed by atoms with Crippen molar-refractivity contribution in [3.8, 4) is 0 Å². The quantitative estimate of drug-likeness (QED) is 0.558. The molecule has 0 spiro atoms. The summed E-state index contributed by atoms with van der Waals surface area (Å²) in [6.07, 6.45) is 0.635. The number of carbonyl (C=O) groups is 3. The highest BCUT2D eigenvalue weighted by molar-refractivity contribution is 6.02. The Morgan fingerprint density at radius 2 is 1.93 bits per heavy atom. The first-order chi connectivity index (χ1) is 19.2. The van der Waals surface area contributed by atoms with Gasteiger partial charge < -0.3 is 14.5 Å². The van der Waals surface area contributed by atoms with Crippen LogP contribution in [-0.2, 0) is 21.4 Å². The lowest BCUT2D eigenvalue weighted by Crippen LogP contribution is -2.58. The van der Waals surface area contributed by atoms with Gasteiger partial charge in [0.15, 0.2) is 0 Å². The van der Waals surface area contributed by atoms with E-state index in [1.807, 2.05) is 45.9 Å². The first-order valence-electron chi connectivity index (χ1n) is 14.4. The molecule has 3 atom stereocenters. The lowest BCUT2D eigenvalue weighted by Gasteiger charge is -2.45. The van der Waals surface area contributed by atoms with Crippen LogP contribution in [0, 0.1) is 5.92 Å². The molecule has 41 heavy (non-hydrogen) atoms. The van der Waals surface area contributed by atoms with Crippen molar-refractivity contribution in [2.24, 2.45) is 13.0 Å². The van der Waals surface area contributed by atoms with Crippen LogP contribution in [0.1, 0.15) is 58.6 Å². The first kappa shape index (κ1) is 29.2. The second-order valence-corrected chi connectivity index (χ2v) is 12.7. The number of piperidine rings is 2. The molecule has 3 aliphatic heterocycles. The summed E-state index contributed by atoms with van der Waals surface area (Å²) in [5.74, 6) is -4.83. The zero-order chi connectivity index (χ0) is 29.7. The summed E-state index contributed by atoms with van der Waals surface area (Å²) in [6.45, 7) is 9.27. The number of aromatic nitrogens is 2. The third-order valence-corrected chi connectivity index (χ3v) is 8.42. The van der Waals surface area contributed by atoms with E-state index >= 15 is 8.78 Å². The summed E-state index contributed by atoms with van der Waals surface area (Å²) >= 11 is 0. The number of alkyl halides is 2. The molecule has 10 nitrogen and oxygen atoms in total. The molecule has 12 heteroatoms. The number of rotatable bonds is 4. The molecule has 4 heterocycles. The Kier molecular flexibility index (Phi) is 7.73. The molecule has 5 rings (SSSR count). The molecule has 3 aliphatic rings. The standard InChI is InChI=1S/C29H40F2N6O4/c1-18-15-36(27(40)41-28(2,3)4)13-12-35(18)16-19-10-11-37(17-29(19,30)31)20-6-7-21-23(14-20)34(5)33-25(21)22-8-9-24(38)32-26(22)39/h6-7,14,18-19,22H,8-13,15-17H2,1-5H3,(H,32,38,39)/t18-,19?,22?/m0/s1. The number of hydrogen-bond donors (Lipinski definition) is 1. The van der Waals surface area contributed by atoms with Crippen LogP contribution < -0.4 is 10.2 Å². The molecule has 3 amide bonds. The van der Waals surface area contributed by atoms with E-state index in [2.05, 4.69) is 15.3 Å². The minimum atomic E-state index is -2.89. The second kappa shape index (κ2) is 10.8. The fourth-order valence-corrected chi connectivity index (χ4v) is 6.15. The van der Waals surface area contributed by atoms with E-state index in [1.165, 1.54) is 0 Å². The lowest BCUT2D eigenvalue weighted by molar-refractivity contribution is -0.134. The molecule has 3 saturated heterocycles. The van der Waals surface area contributed by atoms with E-state index in [1.54, 1.807) is 21.5 Å². The van der Waals surface area contributed by atoms with E-state index in [0.29, 0.717) is 50.4 Å². The molecule has 1 aromatic heterocycles.